The van der Waals surface area contributed by atoms with Crippen LogP contribution in [0.1, 0.15) is 25.3 Å². The molecule has 1 aromatic heterocycles. The summed E-state index contributed by atoms with van der Waals surface area (Å²) in [6.07, 6.45) is 5.65. The number of piperazine rings is 1. The number of nitrogens with zero attached hydrogens (tertiary/aromatic N) is 3. The van der Waals surface area contributed by atoms with Crippen molar-refractivity contribution in [1.29, 1.82) is 0 Å². The largest absolute Gasteiger partial charge is 0.338 e. The van der Waals surface area contributed by atoms with Crippen molar-refractivity contribution in [2.24, 2.45) is 0 Å². The van der Waals surface area contributed by atoms with Gasteiger partial charge in [-0.15, -0.1) is 0 Å². The average molecular weight is 319 g/mol. The van der Waals surface area contributed by atoms with Crippen LogP contribution in [0.3, 0.4) is 0 Å². The fourth-order valence-electron chi connectivity index (χ4n) is 2.74. The second-order valence-electron chi connectivity index (χ2n) is 5.95. The molecule has 0 spiro atoms. The minimum Gasteiger partial charge on any atom is -0.338 e. The van der Waals surface area contributed by atoms with Gasteiger partial charge in [0.2, 0.25) is 0 Å². The molecule has 6 heteroatoms. The van der Waals surface area contributed by atoms with Crippen molar-refractivity contribution in [2.75, 3.05) is 45.8 Å². The lowest BCUT2D eigenvalue weighted by molar-refractivity contribution is 0.135. The van der Waals surface area contributed by atoms with Gasteiger partial charge in [0.1, 0.15) is 0 Å². The molecule has 1 aromatic rings. The van der Waals surface area contributed by atoms with Crippen LogP contribution in [0.15, 0.2) is 24.5 Å². The van der Waals surface area contributed by atoms with E-state index >= 15 is 0 Å². The van der Waals surface area contributed by atoms with Gasteiger partial charge in [0, 0.05) is 51.7 Å². The van der Waals surface area contributed by atoms with Gasteiger partial charge in [-0.05, 0) is 37.6 Å². The predicted molar refractivity (Wildman–Crippen MR) is 92.3 cm³/mol. The fraction of sp³-hybridized carbons (Fsp3) is 0.647. The maximum Gasteiger partial charge on any atom is 0.315 e. The lowest BCUT2D eigenvalue weighted by atomic mass is 10.2. The molecule has 1 fully saturated rings. The molecule has 0 aliphatic carbocycles. The van der Waals surface area contributed by atoms with Crippen molar-refractivity contribution in [3.05, 3.63) is 30.1 Å². The first-order valence-corrected chi connectivity index (χ1v) is 8.63. The molecule has 1 saturated heterocycles. The average Bonchev–Trinajstić information content (AvgIpc) is 2.61. The number of amides is 2. The number of aromatic nitrogens is 1. The monoisotopic (exact) mass is 319 g/mol. The van der Waals surface area contributed by atoms with Crippen molar-refractivity contribution in [3.8, 4) is 0 Å². The first kappa shape index (κ1) is 17.7. The van der Waals surface area contributed by atoms with Crippen LogP contribution in [0.5, 0.6) is 0 Å². The molecule has 0 unspecified atom stereocenters. The number of rotatable bonds is 8. The summed E-state index contributed by atoms with van der Waals surface area (Å²) in [4.78, 5) is 20.7. The number of hydrogen-bond donors (Lipinski definition) is 2. The van der Waals surface area contributed by atoms with E-state index in [1.807, 2.05) is 12.1 Å². The Hall–Kier alpha value is -1.66. The summed E-state index contributed by atoms with van der Waals surface area (Å²) in [6.45, 7) is 10.5. The van der Waals surface area contributed by atoms with E-state index in [0.29, 0.717) is 6.54 Å². The molecule has 2 rings (SSSR count). The van der Waals surface area contributed by atoms with Crippen molar-refractivity contribution >= 4 is 6.03 Å². The van der Waals surface area contributed by atoms with Crippen LogP contribution < -0.4 is 10.6 Å². The van der Waals surface area contributed by atoms with E-state index in [1.54, 1.807) is 12.4 Å². The highest BCUT2D eigenvalue weighted by Crippen LogP contribution is 2.02. The predicted octanol–water partition coefficient (Wildman–Crippen LogP) is 1.30. The molecule has 0 radical (unpaired) electrons. The molecule has 0 atom stereocenters. The summed E-state index contributed by atoms with van der Waals surface area (Å²) in [5.74, 6) is 0. The minimum absolute atomic E-state index is 0.106. The molecular weight excluding hydrogens is 290 g/mol. The van der Waals surface area contributed by atoms with Gasteiger partial charge in [0.15, 0.2) is 0 Å². The van der Waals surface area contributed by atoms with Crippen molar-refractivity contribution in [2.45, 2.75) is 26.3 Å². The molecule has 2 heterocycles. The van der Waals surface area contributed by atoms with E-state index in [0.717, 1.165) is 38.0 Å². The zero-order chi connectivity index (χ0) is 16.3. The van der Waals surface area contributed by atoms with E-state index in [-0.39, 0.29) is 6.03 Å². The highest BCUT2D eigenvalue weighted by atomic mass is 16.2. The molecule has 0 bridgehead atoms. The second-order valence-corrected chi connectivity index (χ2v) is 5.95. The van der Waals surface area contributed by atoms with Gasteiger partial charge in [-0.2, -0.15) is 0 Å². The summed E-state index contributed by atoms with van der Waals surface area (Å²) in [6, 6.07) is 3.71. The smallest absolute Gasteiger partial charge is 0.315 e. The third-order valence-electron chi connectivity index (χ3n) is 4.27. The Labute approximate surface area is 139 Å². The van der Waals surface area contributed by atoms with Crippen LogP contribution in [-0.2, 0) is 6.54 Å². The number of carbonyl (C=O) groups excluding carboxylic acids is 1. The Bertz CT molecular complexity index is 446. The van der Waals surface area contributed by atoms with Crippen LogP contribution in [0.25, 0.3) is 0 Å². The standard InChI is InChI=1S/C17H29N5O/c1-2-21-10-12-22(13-11-21)9-4-3-8-19-17(23)20-15-16-6-5-7-18-14-16/h5-7,14H,2-4,8-13,15H2,1H3,(H2,19,20,23). The van der Waals surface area contributed by atoms with Gasteiger partial charge < -0.3 is 20.4 Å². The van der Waals surface area contributed by atoms with Crippen molar-refractivity contribution in [1.82, 2.24) is 25.4 Å². The van der Waals surface area contributed by atoms with E-state index in [9.17, 15) is 4.79 Å². The minimum atomic E-state index is -0.106. The summed E-state index contributed by atoms with van der Waals surface area (Å²) in [7, 11) is 0. The number of likely N-dealkylation sites (N-methyl/N-ethyl adjacent to an activating group) is 1. The topological polar surface area (TPSA) is 60.5 Å². The van der Waals surface area contributed by atoms with E-state index < -0.39 is 0 Å². The van der Waals surface area contributed by atoms with Gasteiger partial charge in [-0.25, -0.2) is 4.79 Å². The number of hydrogen-bond acceptors (Lipinski definition) is 4. The van der Waals surface area contributed by atoms with Crippen molar-refractivity contribution < 1.29 is 4.79 Å². The quantitative estimate of drug-likeness (QED) is 0.709. The van der Waals surface area contributed by atoms with Gasteiger partial charge in [-0.1, -0.05) is 13.0 Å². The summed E-state index contributed by atoms with van der Waals surface area (Å²) < 4.78 is 0. The van der Waals surface area contributed by atoms with Crippen LogP contribution >= 0.6 is 0 Å². The molecular formula is C17H29N5O. The Morgan fingerprint density at radius 3 is 2.65 bits per heavy atom. The second kappa shape index (κ2) is 10.2. The highest BCUT2D eigenvalue weighted by molar-refractivity contribution is 5.73. The number of pyridine rings is 1. The van der Waals surface area contributed by atoms with Crippen LogP contribution in [-0.4, -0.2) is 66.6 Å². The van der Waals surface area contributed by atoms with Crippen LogP contribution in [0, 0.1) is 0 Å². The van der Waals surface area contributed by atoms with Crippen molar-refractivity contribution in [3.63, 3.8) is 0 Å². The lowest BCUT2D eigenvalue weighted by Crippen LogP contribution is -2.46. The summed E-state index contributed by atoms with van der Waals surface area (Å²) >= 11 is 0. The third kappa shape index (κ3) is 6.97. The summed E-state index contributed by atoms with van der Waals surface area (Å²) in [5.41, 5.74) is 1.01. The van der Waals surface area contributed by atoms with E-state index in [2.05, 4.69) is 32.3 Å². The maximum atomic E-state index is 11.7. The normalized spacial score (nSPS) is 16.2. The Morgan fingerprint density at radius 2 is 1.96 bits per heavy atom. The number of nitrogens with one attached hydrogen (secondary N) is 2. The molecule has 6 nitrogen and oxygen atoms in total. The molecule has 23 heavy (non-hydrogen) atoms. The zero-order valence-electron chi connectivity index (χ0n) is 14.1. The number of urea groups is 1. The van der Waals surface area contributed by atoms with E-state index in [4.69, 9.17) is 0 Å². The third-order valence-corrected chi connectivity index (χ3v) is 4.27. The maximum absolute atomic E-state index is 11.7. The SMILES string of the molecule is CCN1CCN(CCCCNC(=O)NCc2cccnc2)CC1. The first-order chi connectivity index (χ1) is 11.3. The Morgan fingerprint density at radius 1 is 1.17 bits per heavy atom. The van der Waals surface area contributed by atoms with Gasteiger partial charge in [0.05, 0.1) is 0 Å². The van der Waals surface area contributed by atoms with Crippen LogP contribution in [0.4, 0.5) is 4.79 Å². The molecule has 1 aliphatic rings. The van der Waals surface area contributed by atoms with Crippen LogP contribution in [0.2, 0.25) is 0 Å². The Balaban J connectivity index is 1.46. The van der Waals surface area contributed by atoms with Gasteiger partial charge in [0.25, 0.3) is 0 Å². The highest BCUT2D eigenvalue weighted by Gasteiger charge is 2.14. The molecule has 0 saturated carbocycles. The first-order valence-electron chi connectivity index (χ1n) is 8.63. The molecule has 2 N–H and O–H groups in total. The van der Waals surface area contributed by atoms with Gasteiger partial charge in [-0.3, -0.25) is 4.98 Å². The zero-order valence-corrected chi connectivity index (χ0v) is 14.1. The molecule has 0 aromatic carbocycles. The summed E-state index contributed by atoms with van der Waals surface area (Å²) in [5, 5.41) is 5.75. The van der Waals surface area contributed by atoms with E-state index in [1.165, 1.54) is 26.2 Å². The Kier molecular flexibility index (Phi) is 7.83. The molecule has 128 valence electrons. The molecule has 1 aliphatic heterocycles. The lowest BCUT2D eigenvalue weighted by Gasteiger charge is -2.33. The number of carbonyl (C=O) groups is 1. The molecule has 2 amide bonds. The van der Waals surface area contributed by atoms with Gasteiger partial charge >= 0.3 is 6.03 Å². The number of unbranched alkanes of at least 4 members (excludes halogenated alkanes) is 1. The fourth-order valence-corrected chi connectivity index (χ4v) is 2.74.